The maximum absolute atomic E-state index is 3.42. The molecule has 30 heavy (non-hydrogen) atoms. The molecule has 0 saturated heterocycles. The minimum absolute atomic E-state index is 0. The van der Waals surface area contributed by atoms with E-state index in [1.165, 1.54) is 77.0 Å². The van der Waals surface area contributed by atoms with Crippen LogP contribution in [-0.2, 0) is 17.4 Å². The summed E-state index contributed by atoms with van der Waals surface area (Å²) in [4.78, 5) is 0. The minimum atomic E-state index is -3.42. The van der Waals surface area contributed by atoms with Crippen LogP contribution in [0.1, 0.15) is 105 Å². The Morgan fingerprint density at radius 2 is 0.967 bits per heavy atom. The predicted molar refractivity (Wildman–Crippen MR) is 139 cm³/mol. The first-order valence-electron chi connectivity index (χ1n) is 12.2. The zero-order valence-corrected chi connectivity index (χ0v) is 25.3. The van der Waals surface area contributed by atoms with Gasteiger partial charge in [-0.25, -0.2) is 0 Å². The average Bonchev–Trinajstić information content (AvgIpc) is 3.25. The molecule has 4 rings (SSSR count). The third kappa shape index (κ3) is 3.93. The maximum Gasteiger partial charge on any atom is -0.147 e. The van der Waals surface area contributed by atoms with Gasteiger partial charge >= 0.3 is 177 Å². The van der Waals surface area contributed by atoms with Gasteiger partial charge in [-0.05, 0) is 0 Å². The van der Waals surface area contributed by atoms with Crippen molar-refractivity contribution < 1.29 is 17.4 Å². The molecule has 0 unspecified atom stereocenters. The van der Waals surface area contributed by atoms with Crippen LogP contribution in [0.3, 0.4) is 0 Å². The van der Waals surface area contributed by atoms with Gasteiger partial charge in [-0.1, -0.05) is 0 Å². The van der Waals surface area contributed by atoms with Crippen molar-refractivity contribution in [3.05, 3.63) is 41.0 Å². The van der Waals surface area contributed by atoms with Crippen LogP contribution in [0.4, 0.5) is 0 Å². The van der Waals surface area contributed by atoms with E-state index >= 15 is 0 Å². The number of allylic oxidation sites excluding steroid dienone is 8. The monoisotopic (exact) mass is 544 g/mol. The van der Waals surface area contributed by atoms with Crippen LogP contribution >= 0.6 is 24.8 Å². The molecule has 0 nitrogen and oxygen atoms in total. The van der Waals surface area contributed by atoms with Gasteiger partial charge < -0.3 is 0 Å². The van der Waals surface area contributed by atoms with E-state index in [0.29, 0.717) is 0 Å². The standard InChI is InChI=1S/2C7H9.2C6H11.2ClH.H2Si.Zr/c2*1-6-4-3-5-7(6)2;2*1-2-4-6-5-3-1;;;;/h2*4H,3H2,1-2H3;2*1H,2-6H2;2*1H;1H2;. The summed E-state index contributed by atoms with van der Waals surface area (Å²) in [5, 5.41) is 0. The van der Waals surface area contributed by atoms with E-state index in [4.69, 9.17) is 0 Å². The van der Waals surface area contributed by atoms with Gasteiger partial charge in [0.05, 0.1) is 0 Å². The Balaban J connectivity index is 0.00000160. The van der Waals surface area contributed by atoms with Crippen molar-refractivity contribution in [1.29, 1.82) is 0 Å². The SMILES string of the molecule is CC1=CC[C]([Zr](=[SiH2])([C]2=C(C)C(C)=CC2)([CH]2CCCCC2)[CH]2CCCCC2)=C1C.Cl.Cl. The summed E-state index contributed by atoms with van der Waals surface area (Å²) in [6, 6.07) is 0. The average molecular weight is 547 g/mol. The molecule has 0 aromatic heterocycles. The zero-order chi connectivity index (χ0) is 20.0. The summed E-state index contributed by atoms with van der Waals surface area (Å²) >= 11 is -3.42. The molecule has 0 atom stereocenters. The Labute approximate surface area is 200 Å². The summed E-state index contributed by atoms with van der Waals surface area (Å²) in [7, 11) is 0. The van der Waals surface area contributed by atoms with E-state index in [1.807, 2.05) is 6.56 Å². The molecule has 170 valence electrons. The molecule has 0 amide bonds. The number of hydrogen-bond acceptors (Lipinski definition) is 0. The topological polar surface area (TPSA) is 0 Å². The van der Waals surface area contributed by atoms with Crippen molar-refractivity contribution in [2.75, 3.05) is 0 Å². The molecule has 0 aromatic carbocycles. The van der Waals surface area contributed by atoms with Crippen molar-refractivity contribution in [3.63, 3.8) is 0 Å². The van der Waals surface area contributed by atoms with Gasteiger partial charge in [0, 0.05) is 0 Å². The van der Waals surface area contributed by atoms with Gasteiger partial charge in [0.15, 0.2) is 0 Å². The van der Waals surface area contributed by atoms with Crippen LogP contribution < -0.4 is 0 Å². The van der Waals surface area contributed by atoms with E-state index < -0.39 is 17.4 Å². The van der Waals surface area contributed by atoms with Crippen LogP contribution in [0, 0.1) is 0 Å². The van der Waals surface area contributed by atoms with Crippen LogP contribution in [0.2, 0.25) is 7.25 Å². The maximum atomic E-state index is 2.70. The second-order valence-corrected chi connectivity index (χ2v) is 34.7. The third-order valence-electron chi connectivity index (χ3n) is 9.81. The second kappa shape index (κ2) is 10.3. The van der Waals surface area contributed by atoms with Gasteiger partial charge in [-0.15, -0.1) is 24.8 Å². The Bertz CT molecular complexity index is 776. The Kier molecular flexibility index (Phi) is 9.21. The molecule has 0 spiro atoms. The fourth-order valence-corrected chi connectivity index (χ4v) is 41.7. The molecule has 4 heteroatoms. The van der Waals surface area contributed by atoms with Gasteiger partial charge in [0.1, 0.15) is 0 Å². The van der Waals surface area contributed by atoms with Crippen LogP contribution in [-0.4, -0.2) is 6.88 Å². The van der Waals surface area contributed by atoms with Gasteiger partial charge in [0.25, 0.3) is 0 Å². The normalized spacial score (nSPS) is 24.4. The molecule has 0 bridgehead atoms. The Morgan fingerprint density at radius 3 is 1.23 bits per heavy atom. The molecule has 0 aromatic rings. The van der Waals surface area contributed by atoms with E-state index in [-0.39, 0.29) is 24.8 Å². The van der Waals surface area contributed by atoms with Gasteiger partial charge in [0.2, 0.25) is 0 Å². The third-order valence-corrected chi connectivity index (χ3v) is 43.6. The second-order valence-electron chi connectivity index (χ2n) is 10.7. The van der Waals surface area contributed by atoms with Crippen molar-refractivity contribution in [2.45, 2.75) is 112 Å². The molecule has 0 N–H and O–H groups in total. The minimum Gasteiger partial charge on any atom is -0.147 e. The van der Waals surface area contributed by atoms with Crippen LogP contribution in [0.5, 0.6) is 0 Å². The smallest absolute Gasteiger partial charge is 0.147 e. The van der Waals surface area contributed by atoms with Crippen LogP contribution in [0.15, 0.2) is 41.0 Å². The zero-order valence-electron chi connectivity index (χ0n) is 19.8. The fraction of sp³-hybridized carbons (Fsp3) is 0.692. The quantitative estimate of drug-likeness (QED) is 0.309. The van der Waals surface area contributed by atoms with E-state index in [9.17, 15) is 0 Å². The molecule has 0 aliphatic heterocycles. The first-order chi connectivity index (χ1) is 13.4. The first kappa shape index (κ1) is 26.9. The largest absolute Gasteiger partial charge is 0.147 e. The van der Waals surface area contributed by atoms with Crippen LogP contribution in [0.25, 0.3) is 0 Å². The van der Waals surface area contributed by atoms with Crippen molar-refractivity contribution >= 4 is 31.7 Å². The van der Waals surface area contributed by atoms with Gasteiger partial charge in [-0.2, -0.15) is 0 Å². The van der Waals surface area contributed by atoms with Crippen molar-refractivity contribution in [2.24, 2.45) is 0 Å². The molecular formula is C26H44Cl2SiZr. The molecule has 0 heterocycles. The number of hydrogen-bond donors (Lipinski definition) is 0. The molecule has 2 saturated carbocycles. The van der Waals surface area contributed by atoms with Crippen molar-refractivity contribution in [3.8, 4) is 0 Å². The summed E-state index contributed by atoms with van der Waals surface area (Å²) in [5.74, 6) is 0. The summed E-state index contributed by atoms with van der Waals surface area (Å²) < 4.78 is 6.19. The van der Waals surface area contributed by atoms with Gasteiger partial charge in [-0.3, -0.25) is 0 Å². The van der Waals surface area contributed by atoms with Crippen molar-refractivity contribution in [1.82, 2.24) is 0 Å². The number of halogens is 2. The van der Waals surface area contributed by atoms with E-state index in [0.717, 1.165) is 7.25 Å². The van der Waals surface area contributed by atoms with E-state index in [2.05, 4.69) is 46.7 Å². The molecule has 2 fully saturated rings. The first-order valence-corrected chi connectivity index (χ1v) is 23.4. The number of rotatable bonds is 4. The fourth-order valence-electron chi connectivity index (χ4n) is 7.99. The molecule has 4 aliphatic rings. The molecular weight excluding hydrogens is 503 g/mol. The summed E-state index contributed by atoms with van der Waals surface area (Å²) in [5.41, 5.74) is 6.69. The molecule has 4 aliphatic carbocycles. The summed E-state index contributed by atoms with van der Waals surface area (Å²) in [6.07, 6.45) is 22.9. The predicted octanol–water partition coefficient (Wildman–Crippen LogP) is 8.82. The Hall–Kier alpha value is 0.640. The summed E-state index contributed by atoms with van der Waals surface area (Å²) in [6.45, 7) is 12.5. The Morgan fingerprint density at radius 1 is 0.633 bits per heavy atom. The molecule has 0 radical (unpaired) electrons. The van der Waals surface area contributed by atoms with E-state index in [1.54, 1.807) is 22.3 Å².